The maximum Gasteiger partial charge on any atom is 0.317 e. The molecule has 0 aliphatic heterocycles. The molecule has 0 spiro atoms. The number of benzene rings is 1. The summed E-state index contributed by atoms with van der Waals surface area (Å²) in [6, 6.07) is 8.65. The lowest BCUT2D eigenvalue weighted by molar-refractivity contribution is -0.138. The molecular formula is C13H16N2O3. The first-order valence-electron chi connectivity index (χ1n) is 5.63. The van der Waals surface area contributed by atoms with E-state index in [0.717, 1.165) is 5.56 Å². The van der Waals surface area contributed by atoms with Crippen molar-refractivity contribution < 1.29 is 14.6 Å². The highest BCUT2D eigenvalue weighted by molar-refractivity contribution is 5.69. The highest BCUT2D eigenvalue weighted by atomic mass is 16.5. The monoisotopic (exact) mass is 248 g/mol. The number of ether oxygens (including phenoxy) is 1. The molecule has 0 radical (unpaired) electrons. The number of carbonyl (C=O) groups is 1. The molecule has 0 aliphatic rings. The average molecular weight is 248 g/mol. The Morgan fingerprint density at radius 3 is 2.89 bits per heavy atom. The van der Waals surface area contributed by atoms with Crippen molar-refractivity contribution in [1.82, 2.24) is 4.90 Å². The summed E-state index contributed by atoms with van der Waals surface area (Å²) < 4.78 is 5.36. The van der Waals surface area contributed by atoms with Gasteiger partial charge in [-0.2, -0.15) is 5.26 Å². The van der Waals surface area contributed by atoms with E-state index in [1.807, 2.05) is 6.92 Å². The van der Waals surface area contributed by atoms with Gasteiger partial charge in [-0.1, -0.05) is 12.1 Å². The summed E-state index contributed by atoms with van der Waals surface area (Å²) in [4.78, 5) is 12.1. The SMILES string of the molecule is CCOc1cccc(C(C#N)N(C)CC(=O)O)c1. The van der Waals surface area contributed by atoms with Crippen LogP contribution in [0.5, 0.6) is 5.75 Å². The summed E-state index contributed by atoms with van der Waals surface area (Å²) in [5, 5.41) is 17.9. The summed E-state index contributed by atoms with van der Waals surface area (Å²) in [7, 11) is 1.61. The summed E-state index contributed by atoms with van der Waals surface area (Å²) in [5.74, 6) is -0.280. The van der Waals surface area contributed by atoms with Crippen molar-refractivity contribution in [3.05, 3.63) is 29.8 Å². The van der Waals surface area contributed by atoms with Gasteiger partial charge in [-0.3, -0.25) is 9.69 Å². The van der Waals surface area contributed by atoms with E-state index in [0.29, 0.717) is 12.4 Å². The van der Waals surface area contributed by atoms with Crippen LogP contribution in [-0.4, -0.2) is 36.2 Å². The lowest BCUT2D eigenvalue weighted by Gasteiger charge is -2.21. The maximum atomic E-state index is 10.7. The third-order valence-electron chi connectivity index (χ3n) is 2.43. The molecule has 0 aromatic heterocycles. The highest BCUT2D eigenvalue weighted by Crippen LogP contribution is 2.22. The maximum absolute atomic E-state index is 10.7. The average Bonchev–Trinajstić information content (AvgIpc) is 2.30. The van der Waals surface area contributed by atoms with E-state index in [2.05, 4.69) is 6.07 Å². The van der Waals surface area contributed by atoms with E-state index < -0.39 is 12.0 Å². The molecule has 1 atom stereocenters. The molecule has 1 unspecified atom stereocenters. The molecular weight excluding hydrogens is 232 g/mol. The zero-order valence-electron chi connectivity index (χ0n) is 10.5. The molecule has 1 rings (SSSR count). The molecule has 1 aromatic rings. The molecule has 5 heteroatoms. The third kappa shape index (κ3) is 3.75. The minimum atomic E-state index is -0.960. The summed E-state index contributed by atoms with van der Waals surface area (Å²) in [6.07, 6.45) is 0. The van der Waals surface area contributed by atoms with Gasteiger partial charge in [0.25, 0.3) is 0 Å². The first-order valence-corrected chi connectivity index (χ1v) is 5.63. The van der Waals surface area contributed by atoms with Crippen LogP contribution in [0.1, 0.15) is 18.5 Å². The van der Waals surface area contributed by atoms with Crippen molar-refractivity contribution in [2.45, 2.75) is 13.0 Å². The lowest BCUT2D eigenvalue weighted by atomic mass is 10.1. The fourth-order valence-electron chi connectivity index (χ4n) is 1.67. The van der Waals surface area contributed by atoms with Crippen LogP contribution in [0.4, 0.5) is 0 Å². The first kappa shape index (κ1) is 14.0. The molecule has 0 bridgehead atoms. The summed E-state index contributed by atoms with van der Waals surface area (Å²) in [5.41, 5.74) is 0.729. The van der Waals surface area contributed by atoms with Gasteiger partial charge in [0.2, 0.25) is 0 Å². The van der Waals surface area contributed by atoms with Crippen LogP contribution in [0.25, 0.3) is 0 Å². The van der Waals surface area contributed by atoms with Crippen molar-refractivity contribution in [2.24, 2.45) is 0 Å². The minimum absolute atomic E-state index is 0.183. The van der Waals surface area contributed by atoms with Crippen molar-refractivity contribution in [2.75, 3.05) is 20.2 Å². The van der Waals surface area contributed by atoms with E-state index in [9.17, 15) is 4.79 Å². The third-order valence-corrected chi connectivity index (χ3v) is 2.43. The number of hydrogen-bond acceptors (Lipinski definition) is 4. The largest absolute Gasteiger partial charge is 0.494 e. The molecule has 0 saturated carbocycles. The van der Waals surface area contributed by atoms with Gasteiger partial charge >= 0.3 is 5.97 Å². The summed E-state index contributed by atoms with van der Waals surface area (Å²) in [6.45, 7) is 2.24. The molecule has 0 saturated heterocycles. The molecule has 1 N–H and O–H groups in total. The number of hydrogen-bond donors (Lipinski definition) is 1. The molecule has 0 aliphatic carbocycles. The van der Waals surface area contributed by atoms with E-state index in [4.69, 9.17) is 15.1 Å². The standard InChI is InChI=1S/C13H16N2O3/c1-3-18-11-6-4-5-10(7-11)12(8-14)15(2)9-13(16)17/h4-7,12H,3,9H2,1-2H3,(H,16,17). The molecule has 0 fully saturated rings. The van der Waals surface area contributed by atoms with Gasteiger partial charge < -0.3 is 9.84 Å². The molecule has 5 nitrogen and oxygen atoms in total. The van der Waals surface area contributed by atoms with Gasteiger partial charge in [0.1, 0.15) is 11.8 Å². The Morgan fingerprint density at radius 1 is 1.61 bits per heavy atom. The van der Waals surface area contributed by atoms with Gasteiger partial charge in [0.15, 0.2) is 0 Å². The van der Waals surface area contributed by atoms with Crippen molar-refractivity contribution in [3.8, 4) is 11.8 Å². The van der Waals surface area contributed by atoms with Crippen LogP contribution >= 0.6 is 0 Å². The van der Waals surface area contributed by atoms with Gasteiger partial charge in [-0.05, 0) is 31.7 Å². The molecule has 0 heterocycles. The Bertz CT molecular complexity index is 454. The van der Waals surface area contributed by atoms with Crippen LogP contribution in [0.2, 0.25) is 0 Å². The van der Waals surface area contributed by atoms with Crippen molar-refractivity contribution in [3.63, 3.8) is 0 Å². The Hall–Kier alpha value is -2.06. The first-order chi connectivity index (χ1) is 8.58. The molecule has 1 aromatic carbocycles. The van der Waals surface area contributed by atoms with Gasteiger partial charge in [0.05, 0.1) is 19.2 Å². The Balaban J connectivity index is 2.91. The predicted octanol–water partition coefficient (Wildman–Crippen LogP) is 1.67. The van der Waals surface area contributed by atoms with Crippen LogP contribution in [0.15, 0.2) is 24.3 Å². The normalized spacial score (nSPS) is 11.9. The second-order valence-corrected chi connectivity index (χ2v) is 3.85. The van der Waals surface area contributed by atoms with Gasteiger partial charge in [-0.25, -0.2) is 0 Å². The van der Waals surface area contributed by atoms with Crippen LogP contribution in [0.3, 0.4) is 0 Å². The minimum Gasteiger partial charge on any atom is -0.494 e. The van der Waals surface area contributed by atoms with E-state index in [-0.39, 0.29) is 6.54 Å². The Morgan fingerprint density at radius 2 is 2.33 bits per heavy atom. The quantitative estimate of drug-likeness (QED) is 0.828. The van der Waals surface area contributed by atoms with E-state index in [1.165, 1.54) is 4.90 Å². The second-order valence-electron chi connectivity index (χ2n) is 3.85. The Kier molecular flexibility index (Phi) is 5.15. The molecule has 96 valence electrons. The van der Waals surface area contributed by atoms with Crippen LogP contribution < -0.4 is 4.74 Å². The zero-order chi connectivity index (χ0) is 13.5. The zero-order valence-corrected chi connectivity index (χ0v) is 10.5. The second kappa shape index (κ2) is 6.62. The summed E-state index contributed by atoms with van der Waals surface area (Å²) >= 11 is 0. The number of carboxylic acid groups (broad SMARTS) is 1. The molecule has 0 amide bonds. The predicted molar refractivity (Wildman–Crippen MR) is 66.2 cm³/mol. The van der Waals surface area contributed by atoms with Crippen LogP contribution in [-0.2, 0) is 4.79 Å². The van der Waals surface area contributed by atoms with E-state index in [1.54, 1.807) is 31.3 Å². The fourth-order valence-corrected chi connectivity index (χ4v) is 1.67. The topological polar surface area (TPSA) is 73.6 Å². The van der Waals surface area contributed by atoms with Gasteiger partial charge in [0, 0.05) is 0 Å². The highest BCUT2D eigenvalue weighted by Gasteiger charge is 2.18. The number of carboxylic acids is 1. The van der Waals surface area contributed by atoms with Crippen LogP contribution in [0, 0.1) is 11.3 Å². The number of nitrogens with zero attached hydrogens (tertiary/aromatic N) is 2. The van der Waals surface area contributed by atoms with E-state index >= 15 is 0 Å². The number of aliphatic carboxylic acids is 1. The van der Waals surface area contributed by atoms with Crippen molar-refractivity contribution >= 4 is 5.97 Å². The number of likely N-dealkylation sites (N-methyl/N-ethyl adjacent to an activating group) is 1. The molecule has 18 heavy (non-hydrogen) atoms. The lowest BCUT2D eigenvalue weighted by Crippen LogP contribution is -2.29. The van der Waals surface area contributed by atoms with Gasteiger partial charge in [-0.15, -0.1) is 0 Å². The van der Waals surface area contributed by atoms with Crippen molar-refractivity contribution in [1.29, 1.82) is 5.26 Å². The number of nitriles is 1. The number of rotatable bonds is 6. The fraction of sp³-hybridized carbons (Fsp3) is 0.385. The Labute approximate surface area is 106 Å². The smallest absolute Gasteiger partial charge is 0.317 e.